The monoisotopic (exact) mass is 366 g/mol. The van der Waals surface area contributed by atoms with Crippen LogP contribution in [0.1, 0.15) is 0 Å². The number of anilines is 2. The number of rotatable bonds is 7. The van der Waals surface area contributed by atoms with Crippen LogP contribution in [0, 0.1) is 0 Å². The van der Waals surface area contributed by atoms with Gasteiger partial charge in [0.1, 0.15) is 0 Å². The van der Waals surface area contributed by atoms with Crippen LogP contribution in [0.4, 0.5) is 11.5 Å². The fourth-order valence-electron chi connectivity index (χ4n) is 2.09. The summed E-state index contributed by atoms with van der Waals surface area (Å²) in [4.78, 5) is 18.4. The van der Waals surface area contributed by atoms with E-state index >= 15 is 0 Å². The summed E-state index contributed by atoms with van der Waals surface area (Å²) in [6.45, 7) is 4.41. The normalized spacial score (nSPS) is 13.7. The summed E-state index contributed by atoms with van der Waals surface area (Å²) in [6, 6.07) is 3.68. The van der Waals surface area contributed by atoms with Crippen LogP contribution in [0.25, 0.3) is 0 Å². The Labute approximate surface area is 148 Å². The van der Waals surface area contributed by atoms with Gasteiger partial charge in [0.2, 0.25) is 5.91 Å². The van der Waals surface area contributed by atoms with Gasteiger partial charge in [0.05, 0.1) is 32.1 Å². The topological polar surface area (TPSA) is 75.7 Å². The molecule has 2 rings (SSSR count). The fraction of sp³-hybridized carbons (Fsp3) is 0.571. The summed E-state index contributed by atoms with van der Waals surface area (Å²) < 4.78 is 10.3. The zero-order chi connectivity index (χ0) is 14.9. The number of amides is 1. The average Bonchev–Trinajstić information content (AvgIpc) is 2.53. The number of methoxy groups -OCH3 is 1. The number of halogens is 2. The fourth-order valence-corrected chi connectivity index (χ4v) is 2.09. The number of carbonyl (C=O) groups excluding carboxylic acids is 1. The second-order valence-corrected chi connectivity index (χ2v) is 4.69. The number of pyridine rings is 1. The van der Waals surface area contributed by atoms with Crippen molar-refractivity contribution < 1.29 is 14.3 Å². The largest absolute Gasteiger partial charge is 0.383 e. The maximum Gasteiger partial charge on any atom is 0.238 e. The SMILES string of the molecule is COCCNCC(=O)Nc1cccnc1N1CCOCC1.Cl.Cl. The molecular weight excluding hydrogens is 343 g/mol. The summed E-state index contributed by atoms with van der Waals surface area (Å²) in [5.74, 6) is 0.708. The van der Waals surface area contributed by atoms with Crippen molar-refractivity contribution in [2.45, 2.75) is 0 Å². The minimum absolute atomic E-state index is 0. The van der Waals surface area contributed by atoms with Gasteiger partial charge in [-0.2, -0.15) is 0 Å². The van der Waals surface area contributed by atoms with Gasteiger partial charge in [0.15, 0.2) is 5.82 Å². The van der Waals surface area contributed by atoms with Crippen LogP contribution in [-0.2, 0) is 14.3 Å². The quantitative estimate of drug-likeness (QED) is 0.699. The van der Waals surface area contributed by atoms with Crippen molar-refractivity contribution in [2.75, 3.05) is 63.3 Å². The van der Waals surface area contributed by atoms with E-state index in [1.165, 1.54) is 0 Å². The van der Waals surface area contributed by atoms with Crippen LogP contribution in [0.15, 0.2) is 18.3 Å². The van der Waals surface area contributed by atoms with Crippen molar-refractivity contribution in [3.8, 4) is 0 Å². The van der Waals surface area contributed by atoms with Gasteiger partial charge in [-0.25, -0.2) is 4.98 Å². The first kappa shape index (κ1) is 21.9. The van der Waals surface area contributed by atoms with Crippen LogP contribution >= 0.6 is 24.8 Å². The van der Waals surface area contributed by atoms with Gasteiger partial charge in [0.25, 0.3) is 0 Å². The third-order valence-electron chi connectivity index (χ3n) is 3.14. The molecule has 0 aromatic carbocycles. The summed E-state index contributed by atoms with van der Waals surface area (Å²) in [6.07, 6.45) is 1.73. The summed E-state index contributed by atoms with van der Waals surface area (Å²) >= 11 is 0. The highest BCUT2D eigenvalue weighted by molar-refractivity contribution is 5.94. The van der Waals surface area contributed by atoms with Gasteiger partial charge < -0.3 is 25.0 Å². The number of carbonyl (C=O) groups is 1. The molecular formula is C14H24Cl2N4O3. The Bertz CT molecular complexity index is 459. The number of hydrogen-bond donors (Lipinski definition) is 2. The van der Waals surface area contributed by atoms with Crippen molar-refractivity contribution in [2.24, 2.45) is 0 Å². The van der Waals surface area contributed by atoms with Crippen LogP contribution < -0.4 is 15.5 Å². The second-order valence-electron chi connectivity index (χ2n) is 4.69. The predicted molar refractivity (Wildman–Crippen MR) is 95.1 cm³/mol. The van der Waals surface area contributed by atoms with Crippen molar-refractivity contribution >= 4 is 42.2 Å². The van der Waals surface area contributed by atoms with E-state index in [0.29, 0.717) is 26.4 Å². The van der Waals surface area contributed by atoms with E-state index in [-0.39, 0.29) is 37.3 Å². The third-order valence-corrected chi connectivity index (χ3v) is 3.14. The zero-order valence-corrected chi connectivity index (χ0v) is 14.8. The number of aromatic nitrogens is 1. The van der Waals surface area contributed by atoms with Crippen LogP contribution in [0.2, 0.25) is 0 Å². The molecule has 0 saturated carbocycles. The van der Waals surface area contributed by atoms with Crippen molar-refractivity contribution in [3.63, 3.8) is 0 Å². The highest BCUT2D eigenvalue weighted by Crippen LogP contribution is 2.23. The number of hydrogen-bond acceptors (Lipinski definition) is 6. The number of ether oxygens (including phenoxy) is 2. The molecule has 9 heteroatoms. The van der Waals surface area contributed by atoms with E-state index in [1.807, 2.05) is 12.1 Å². The Kier molecular flexibility index (Phi) is 11.7. The molecule has 0 radical (unpaired) electrons. The minimum atomic E-state index is -0.0892. The van der Waals surface area contributed by atoms with Gasteiger partial charge >= 0.3 is 0 Å². The first-order valence-corrected chi connectivity index (χ1v) is 7.08. The molecule has 1 saturated heterocycles. The zero-order valence-electron chi connectivity index (χ0n) is 13.1. The average molecular weight is 367 g/mol. The van der Waals surface area contributed by atoms with E-state index < -0.39 is 0 Å². The Morgan fingerprint density at radius 3 is 2.83 bits per heavy atom. The van der Waals surface area contributed by atoms with Crippen LogP contribution in [0.5, 0.6) is 0 Å². The lowest BCUT2D eigenvalue weighted by molar-refractivity contribution is -0.115. The van der Waals surface area contributed by atoms with E-state index in [4.69, 9.17) is 9.47 Å². The maximum atomic E-state index is 11.9. The number of nitrogens with zero attached hydrogens (tertiary/aromatic N) is 2. The Morgan fingerprint density at radius 1 is 1.39 bits per heavy atom. The van der Waals surface area contributed by atoms with Gasteiger partial charge in [-0.05, 0) is 12.1 Å². The van der Waals surface area contributed by atoms with Crippen molar-refractivity contribution in [1.29, 1.82) is 0 Å². The molecule has 1 aromatic rings. The first-order chi connectivity index (χ1) is 10.3. The molecule has 23 heavy (non-hydrogen) atoms. The van der Waals surface area contributed by atoms with Crippen LogP contribution in [-0.4, -0.2) is 64.0 Å². The minimum Gasteiger partial charge on any atom is -0.383 e. The Hall–Kier alpha value is -1.12. The van der Waals surface area contributed by atoms with E-state index in [1.54, 1.807) is 13.3 Å². The summed E-state index contributed by atoms with van der Waals surface area (Å²) in [5.41, 5.74) is 0.734. The summed E-state index contributed by atoms with van der Waals surface area (Å²) in [5, 5.41) is 5.91. The highest BCUT2D eigenvalue weighted by atomic mass is 35.5. The molecule has 7 nitrogen and oxygen atoms in total. The Morgan fingerprint density at radius 2 is 2.13 bits per heavy atom. The standard InChI is InChI=1S/C14H22N4O3.2ClH/c1-20-8-5-15-11-13(19)17-12-3-2-4-16-14(12)18-6-9-21-10-7-18;;/h2-4,15H,5-11H2,1H3,(H,17,19);2*1H. The molecule has 0 unspecified atom stereocenters. The maximum absolute atomic E-state index is 11.9. The molecule has 0 bridgehead atoms. The highest BCUT2D eigenvalue weighted by Gasteiger charge is 2.16. The summed E-state index contributed by atoms with van der Waals surface area (Å²) in [7, 11) is 1.63. The molecule has 2 N–H and O–H groups in total. The molecule has 0 spiro atoms. The smallest absolute Gasteiger partial charge is 0.238 e. The molecule has 1 aromatic heterocycles. The van der Waals surface area contributed by atoms with E-state index in [2.05, 4.69) is 20.5 Å². The first-order valence-electron chi connectivity index (χ1n) is 7.08. The molecule has 0 aliphatic carbocycles. The number of morpholine rings is 1. The lowest BCUT2D eigenvalue weighted by atomic mass is 10.3. The molecule has 1 amide bonds. The molecule has 1 aliphatic rings. The van der Waals surface area contributed by atoms with Crippen molar-refractivity contribution in [3.05, 3.63) is 18.3 Å². The van der Waals surface area contributed by atoms with Gasteiger partial charge in [-0.1, -0.05) is 0 Å². The lowest BCUT2D eigenvalue weighted by Gasteiger charge is -2.29. The third kappa shape index (κ3) is 7.32. The molecule has 1 fully saturated rings. The van der Waals surface area contributed by atoms with Crippen molar-refractivity contribution in [1.82, 2.24) is 10.3 Å². The lowest BCUT2D eigenvalue weighted by Crippen LogP contribution is -2.37. The molecule has 0 atom stereocenters. The Balaban J connectivity index is 0.00000242. The van der Waals surface area contributed by atoms with E-state index in [0.717, 1.165) is 24.6 Å². The molecule has 1 aliphatic heterocycles. The molecule has 2 heterocycles. The van der Waals surface area contributed by atoms with Crippen LogP contribution in [0.3, 0.4) is 0 Å². The van der Waals surface area contributed by atoms with Gasteiger partial charge in [0, 0.05) is 32.9 Å². The van der Waals surface area contributed by atoms with E-state index in [9.17, 15) is 4.79 Å². The predicted octanol–water partition coefficient (Wildman–Crippen LogP) is 0.936. The van der Waals surface area contributed by atoms with Gasteiger partial charge in [-0.15, -0.1) is 24.8 Å². The number of nitrogens with one attached hydrogen (secondary N) is 2. The van der Waals surface area contributed by atoms with Gasteiger partial charge in [-0.3, -0.25) is 4.79 Å². The molecule has 132 valence electrons. The second kappa shape index (κ2) is 12.3.